The third kappa shape index (κ3) is 6.40. The van der Waals surface area contributed by atoms with Gasteiger partial charge in [0.15, 0.2) is 5.43 Å². The van der Waals surface area contributed by atoms with E-state index in [1.54, 1.807) is 6.07 Å². The Balaban J connectivity index is 0.00000141. The summed E-state index contributed by atoms with van der Waals surface area (Å²) in [7, 11) is 1.50. The summed E-state index contributed by atoms with van der Waals surface area (Å²) in [6, 6.07) is 28.2. The highest BCUT2D eigenvalue weighted by molar-refractivity contribution is 5.78. The first kappa shape index (κ1) is 24.7. The SMILES string of the molecule is CN.O=c1cc(C2CCCC2)oc2cc(OC(CCCc3ccccc3)c3ccccc3)ccc12. The third-order valence-electron chi connectivity index (χ3n) is 6.70. The van der Waals surface area contributed by atoms with Crippen molar-refractivity contribution in [3.8, 4) is 5.75 Å². The minimum atomic E-state index is -0.0582. The Hall–Kier alpha value is -3.37. The molecule has 182 valence electrons. The zero-order valence-corrected chi connectivity index (χ0v) is 20.5. The summed E-state index contributed by atoms with van der Waals surface area (Å²) in [4.78, 5) is 12.7. The molecule has 35 heavy (non-hydrogen) atoms. The van der Waals surface area contributed by atoms with Gasteiger partial charge < -0.3 is 14.9 Å². The second-order valence-electron chi connectivity index (χ2n) is 9.05. The maximum Gasteiger partial charge on any atom is 0.192 e. The fourth-order valence-corrected chi connectivity index (χ4v) is 4.90. The van der Waals surface area contributed by atoms with Crippen molar-refractivity contribution in [2.45, 2.75) is 57.0 Å². The standard InChI is InChI=1S/C30H30O3.CH5N/c31-27-21-29(24-15-7-8-16-24)33-30-20-25(18-19-26(27)30)32-28(23-13-5-2-6-14-23)17-9-12-22-10-3-1-4-11-22;1-2/h1-6,10-11,13-14,18-21,24,28H,7-9,12,15-17H2;2H2,1H3. The van der Waals surface area contributed by atoms with Gasteiger partial charge in [0.05, 0.1) is 5.39 Å². The molecule has 4 nitrogen and oxygen atoms in total. The Labute approximate surface area is 207 Å². The second-order valence-corrected chi connectivity index (χ2v) is 9.05. The van der Waals surface area contributed by atoms with E-state index in [4.69, 9.17) is 9.15 Å². The maximum atomic E-state index is 12.7. The van der Waals surface area contributed by atoms with E-state index in [2.05, 4.69) is 60.3 Å². The summed E-state index contributed by atoms with van der Waals surface area (Å²) >= 11 is 0. The van der Waals surface area contributed by atoms with Gasteiger partial charge in [-0.15, -0.1) is 0 Å². The zero-order chi connectivity index (χ0) is 24.5. The van der Waals surface area contributed by atoms with E-state index in [9.17, 15) is 4.79 Å². The molecule has 1 atom stereocenters. The number of rotatable bonds is 8. The number of hydrogen-bond acceptors (Lipinski definition) is 4. The normalized spacial score (nSPS) is 14.3. The molecule has 0 saturated heterocycles. The molecule has 0 bridgehead atoms. The molecule has 1 saturated carbocycles. The molecule has 1 aliphatic rings. The molecule has 0 aliphatic heterocycles. The highest BCUT2D eigenvalue weighted by Gasteiger charge is 2.21. The molecule has 0 amide bonds. The van der Waals surface area contributed by atoms with E-state index in [1.807, 2.05) is 24.3 Å². The Morgan fingerprint density at radius 1 is 0.914 bits per heavy atom. The highest BCUT2D eigenvalue weighted by atomic mass is 16.5. The van der Waals surface area contributed by atoms with E-state index in [1.165, 1.54) is 25.5 Å². The molecule has 0 radical (unpaired) electrons. The topological polar surface area (TPSA) is 65.5 Å². The van der Waals surface area contributed by atoms with Gasteiger partial charge in [-0.2, -0.15) is 0 Å². The average Bonchev–Trinajstić information content (AvgIpc) is 3.45. The lowest BCUT2D eigenvalue weighted by atomic mass is 10.0. The zero-order valence-electron chi connectivity index (χ0n) is 20.5. The predicted octanol–water partition coefficient (Wildman–Crippen LogP) is 7.17. The number of nitrogens with two attached hydrogens (primary N) is 1. The highest BCUT2D eigenvalue weighted by Crippen LogP contribution is 2.35. The first-order chi connectivity index (χ1) is 17.3. The van der Waals surface area contributed by atoms with Crippen LogP contribution in [-0.2, 0) is 6.42 Å². The van der Waals surface area contributed by atoms with Crippen molar-refractivity contribution in [1.82, 2.24) is 0 Å². The average molecular weight is 470 g/mol. The van der Waals surface area contributed by atoms with Gasteiger partial charge in [-0.05, 0) is 62.4 Å². The quantitative estimate of drug-likeness (QED) is 0.297. The van der Waals surface area contributed by atoms with E-state index in [-0.39, 0.29) is 11.5 Å². The van der Waals surface area contributed by atoms with Crippen LogP contribution in [-0.4, -0.2) is 7.05 Å². The molecule has 1 unspecified atom stereocenters. The van der Waals surface area contributed by atoms with Crippen molar-refractivity contribution < 1.29 is 9.15 Å². The van der Waals surface area contributed by atoms with E-state index < -0.39 is 0 Å². The fraction of sp³-hybridized carbons (Fsp3) is 0.323. The summed E-state index contributed by atoms with van der Waals surface area (Å²) in [5.41, 5.74) is 7.66. The van der Waals surface area contributed by atoms with Crippen LogP contribution in [0.4, 0.5) is 0 Å². The van der Waals surface area contributed by atoms with Crippen LogP contribution in [0.15, 0.2) is 94.1 Å². The molecular weight excluding hydrogens is 434 g/mol. The monoisotopic (exact) mass is 469 g/mol. The van der Waals surface area contributed by atoms with Gasteiger partial charge in [-0.25, -0.2) is 0 Å². The van der Waals surface area contributed by atoms with E-state index in [0.29, 0.717) is 16.9 Å². The molecule has 1 aliphatic carbocycles. The van der Waals surface area contributed by atoms with Crippen LogP contribution in [0.2, 0.25) is 0 Å². The largest absolute Gasteiger partial charge is 0.486 e. The van der Waals surface area contributed by atoms with Gasteiger partial charge in [-0.3, -0.25) is 4.79 Å². The van der Waals surface area contributed by atoms with Crippen LogP contribution in [0.3, 0.4) is 0 Å². The van der Waals surface area contributed by atoms with Crippen LogP contribution in [0.25, 0.3) is 11.0 Å². The molecular formula is C31H35NO3. The van der Waals surface area contributed by atoms with Crippen molar-refractivity contribution in [1.29, 1.82) is 0 Å². The Kier molecular flexibility index (Phi) is 8.74. The van der Waals surface area contributed by atoms with Crippen LogP contribution in [0.5, 0.6) is 5.75 Å². The second kappa shape index (κ2) is 12.4. The summed E-state index contributed by atoms with van der Waals surface area (Å²) in [6.07, 6.45) is 7.50. The maximum absolute atomic E-state index is 12.7. The summed E-state index contributed by atoms with van der Waals surface area (Å²) < 4.78 is 12.7. The number of fused-ring (bicyclic) bond motifs is 1. The molecule has 5 rings (SSSR count). The van der Waals surface area contributed by atoms with Gasteiger partial charge in [0, 0.05) is 18.1 Å². The first-order valence-electron chi connectivity index (χ1n) is 12.7. The summed E-state index contributed by atoms with van der Waals surface area (Å²) in [5.74, 6) is 1.93. The number of aryl methyl sites for hydroxylation is 1. The van der Waals surface area contributed by atoms with E-state index >= 15 is 0 Å². The van der Waals surface area contributed by atoms with Crippen molar-refractivity contribution in [2.24, 2.45) is 5.73 Å². The molecule has 1 fully saturated rings. The van der Waals surface area contributed by atoms with Crippen molar-refractivity contribution in [3.63, 3.8) is 0 Å². The van der Waals surface area contributed by atoms with Crippen LogP contribution in [0.1, 0.15) is 67.4 Å². The van der Waals surface area contributed by atoms with Crippen molar-refractivity contribution >= 4 is 11.0 Å². The van der Waals surface area contributed by atoms with Crippen LogP contribution in [0, 0.1) is 0 Å². The predicted molar refractivity (Wildman–Crippen MR) is 143 cm³/mol. The van der Waals surface area contributed by atoms with Crippen molar-refractivity contribution in [3.05, 3.63) is 112 Å². The van der Waals surface area contributed by atoms with Crippen LogP contribution >= 0.6 is 0 Å². The lowest BCUT2D eigenvalue weighted by Gasteiger charge is -2.20. The molecule has 2 N–H and O–H groups in total. The van der Waals surface area contributed by atoms with Gasteiger partial charge in [0.1, 0.15) is 23.2 Å². The third-order valence-corrected chi connectivity index (χ3v) is 6.70. The molecule has 3 aromatic carbocycles. The molecule has 1 heterocycles. The fourth-order valence-electron chi connectivity index (χ4n) is 4.90. The molecule has 4 aromatic rings. The van der Waals surface area contributed by atoms with Gasteiger partial charge in [-0.1, -0.05) is 73.5 Å². The summed E-state index contributed by atoms with van der Waals surface area (Å²) in [5, 5.41) is 0.615. The molecule has 0 spiro atoms. The number of benzene rings is 3. The Bertz CT molecular complexity index is 1240. The lowest BCUT2D eigenvalue weighted by molar-refractivity contribution is 0.192. The molecule has 1 aromatic heterocycles. The van der Waals surface area contributed by atoms with E-state index in [0.717, 1.165) is 49.2 Å². The lowest BCUT2D eigenvalue weighted by Crippen LogP contribution is -2.09. The van der Waals surface area contributed by atoms with Crippen LogP contribution < -0.4 is 15.9 Å². The Morgan fingerprint density at radius 3 is 2.31 bits per heavy atom. The smallest absolute Gasteiger partial charge is 0.192 e. The van der Waals surface area contributed by atoms with Crippen molar-refractivity contribution in [2.75, 3.05) is 7.05 Å². The minimum Gasteiger partial charge on any atom is -0.486 e. The number of hydrogen-bond donors (Lipinski definition) is 1. The minimum absolute atomic E-state index is 0.0344. The van der Waals surface area contributed by atoms with Gasteiger partial charge >= 0.3 is 0 Å². The van der Waals surface area contributed by atoms with Gasteiger partial charge in [0.2, 0.25) is 0 Å². The molecule has 4 heteroatoms. The Morgan fingerprint density at radius 2 is 1.60 bits per heavy atom. The van der Waals surface area contributed by atoms with Gasteiger partial charge in [0.25, 0.3) is 0 Å². The first-order valence-corrected chi connectivity index (χ1v) is 12.7. The summed E-state index contributed by atoms with van der Waals surface area (Å²) in [6.45, 7) is 0. The number of ether oxygens (including phenoxy) is 1.